The summed E-state index contributed by atoms with van der Waals surface area (Å²) in [6, 6.07) is 6.73. The van der Waals surface area contributed by atoms with Crippen molar-refractivity contribution in [1.82, 2.24) is 0 Å². The van der Waals surface area contributed by atoms with E-state index in [2.05, 4.69) is 10.7 Å². The molecule has 0 fully saturated rings. The van der Waals surface area contributed by atoms with Crippen molar-refractivity contribution in [3.63, 3.8) is 0 Å². The van der Waals surface area contributed by atoms with E-state index in [0.29, 0.717) is 17.2 Å². The first-order chi connectivity index (χ1) is 8.24. The smallest absolute Gasteiger partial charge is 0.353 e. The quantitative estimate of drug-likeness (QED) is 0.527. The maximum absolute atomic E-state index is 11.3. The summed E-state index contributed by atoms with van der Waals surface area (Å²) in [6.07, 6.45) is 0.826. The fourth-order valence-corrected chi connectivity index (χ4v) is 1.08. The van der Waals surface area contributed by atoms with E-state index in [-0.39, 0.29) is 5.97 Å². The van der Waals surface area contributed by atoms with Crippen molar-refractivity contribution in [2.75, 3.05) is 6.61 Å². The summed E-state index contributed by atoms with van der Waals surface area (Å²) in [5, 5.41) is 0.547. The highest BCUT2D eigenvalue weighted by Crippen LogP contribution is 2.11. The van der Waals surface area contributed by atoms with Crippen LogP contribution in [0.15, 0.2) is 24.3 Å². The second kappa shape index (κ2) is 8.31. The number of rotatable bonds is 3. The molecule has 18 heavy (non-hydrogen) atoms. The van der Waals surface area contributed by atoms with Crippen molar-refractivity contribution in [3.8, 4) is 0 Å². The molecule has 5 nitrogen and oxygen atoms in total. The largest absolute Gasteiger partial charge is 0.462 e. The van der Waals surface area contributed by atoms with Gasteiger partial charge in [0.1, 0.15) is 0 Å². The number of carbonyl (C=O) groups excluding carboxylic acids is 1. The summed E-state index contributed by atoms with van der Waals surface area (Å²) in [7, 11) is -0.137. The molecule has 0 amide bonds. The summed E-state index contributed by atoms with van der Waals surface area (Å²) in [6.45, 7) is 2.40. The number of hydrogen-bond donors (Lipinski definition) is 1. The lowest BCUT2D eigenvalue weighted by atomic mass is 10.2. The molecular formula is C10H12Cl2O5S. The van der Waals surface area contributed by atoms with Crippen LogP contribution in [0.2, 0.25) is 5.02 Å². The van der Waals surface area contributed by atoms with Crippen LogP contribution in [0.4, 0.5) is 0 Å². The molecule has 0 aliphatic heterocycles. The third-order valence-corrected chi connectivity index (χ3v) is 1.73. The maximum atomic E-state index is 11.3. The minimum Gasteiger partial charge on any atom is -0.462 e. The number of carbonyl (C=O) groups is 1. The van der Waals surface area contributed by atoms with E-state index in [1.807, 2.05) is 6.92 Å². The van der Waals surface area contributed by atoms with Gasteiger partial charge in [-0.1, -0.05) is 24.6 Å². The SMILES string of the molecule is CCCOC(=O)c1cccc(Cl)c1.O=S(=O)(O)Cl. The van der Waals surface area contributed by atoms with E-state index in [0.717, 1.165) is 6.42 Å². The first-order valence-corrected chi connectivity index (χ1v) is 7.48. The minimum atomic E-state index is -4.19. The predicted molar refractivity (Wildman–Crippen MR) is 69.4 cm³/mol. The number of halogens is 2. The fraction of sp³-hybridized carbons (Fsp3) is 0.300. The van der Waals surface area contributed by atoms with Gasteiger partial charge in [0.25, 0.3) is 0 Å². The molecule has 102 valence electrons. The molecular weight excluding hydrogens is 303 g/mol. The Kier molecular flexibility index (Phi) is 7.93. The number of benzene rings is 1. The Morgan fingerprint density at radius 2 is 2.00 bits per heavy atom. The molecule has 8 heteroatoms. The van der Waals surface area contributed by atoms with Gasteiger partial charge in [-0.3, -0.25) is 4.55 Å². The summed E-state index contributed by atoms with van der Waals surface area (Å²) in [4.78, 5) is 11.3. The molecule has 0 heterocycles. The lowest BCUT2D eigenvalue weighted by molar-refractivity contribution is 0.0505. The first-order valence-electron chi connectivity index (χ1n) is 4.83. The Morgan fingerprint density at radius 1 is 1.44 bits per heavy atom. The Hall–Kier alpha value is -0.820. The van der Waals surface area contributed by atoms with Crippen molar-refractivity contribution in [1.29, 1.82) is 0 Å². The van der Waals surface area contributed by atoms with E-state index >= 15 is 0 Å². The molecule has 0 saturated heterocycles. The van der Waals surface area contributed by atoms with E-state index in [1.54, 1.807) is 24.3 Å². The molecule has 0 aromatic heterocycles. The van der Waals surface area contributed by atoms with Gasteiger partial charge in [-0.15, -0.1) is 0 Å². The molecule has 1 aromatic rings. The van der Waals surface area contributed by atoms with Gasteiger partial charge in [-0.05, 0) is 24.6 Å². The zero-order valence-corrected chi connectivity index (χ0v) is 11.8. The van der Waals surface area contributed by atoms with Crippen LogP contribution >= 0.6 is 22.3 Å². The van der Waals surface area contributed by atoms with Gasteiger partial charge in [0.2, 0.25) is 0 Å². The first kappa shape index (κ1) is 17.2. The van der Waals surface area contributed by atoms with Crippen LogP contribution in [-0.4, -0.2) is 25.5 Å². The van der Waals surface area contributed by atoms with Crippen LogP contribution in [0.3, 0.4) is 0 Å². The summed E-state index contributed by atoms with van der Waals surface area (Å²) in [5.41, 5.74) is 0.501. The fourth-order valence-electron chi connectivity index (χ4n) is 0.894. The van der Waals surface area contributed by atoms with Crippen molar-refractivity contribution >= 4 is 37.6 Å². The van der Waals surface area contributed by atoms with E-state index in [1.165, 1.54) is 0 Å². The molecule has 1 N–H and O–H groups in total. The zero-order chi connectivity index (χ0) is 14.2. The van der Waals surface area contributed by atoms with E-state index in [9.17, 15) is 4.79 Å². The van der Waals surface area contributed by atoms with Crippen molar-refractivity contribution < 1.29 is 22.5 Å². The molecule has 0 radical (unpaired) electrons. The standard InChI is InChI=1S/C10H11ClO2.ClHO3S/c1-2-6-13-10(12)8-4-3-5-9(11)7-8;1-5(2,3)4/h3-5,7H,2,6H2,1H3;(H,2,3,4). The minimum absolute atomic E-state index is 0.315. The van der Waals surface area contributed by atoms with Crippen LogP contribution in [0.5, 0.6) is 0 Å². The van der Waals surface area contributed by atoms with Crippen molar-refractivity contribution in [3.05, 3.63) is 34.9 Å². The van der Waals surface area contributed by atoms with Gasteiger partial charge in [0, 0.05) is 15.7 Å². The van der Waals surface area contributed by atoms with Gasteiger partial charge in [-0.25, -0.2) is 4.79 Å². The lowest BCUT2D eigenvalue weighted by Gasteiger charge is -2.02. The van der Waals surface area contributed by atoms with Gasteiger partial charge in [-0.2, -0.15) is 8.42 Å². The highest BCUT2D eigenvalue weighted by atomic mass is 35.7. The lowest BCUT2D eigenvalue weighted by Crippen LogP contribution is -2.05. The van der Waals surface area contributed by atoms with Crippen LogP contribution < -0.4 is 0 Å². The highest BCUT2D eigenvalue weighted by molar-refractivity contribution is 8.09. The second-order valence-electron chi connectivity index (χ2n) is 3.06. The van der Waals surface area contributed by atoms with Gasteiger partial charge in [0.05, 0.1) is 12.2 Å². The van der Waals surface area contributed by atoms with Crippen molar-refractivity contribution in [2.45, 2.75) is 13.3 Å². The third kappa shape index (κ3) is 10.3. The molecule has 0 bridgehead atoms. The van der Waals surface area contributed by atoms with E-state index < -0.39 is 9.33 Å². The molecule has 1 aromatic carbocycles. The van der Waals surface area contributed by atoms with Gasteiger partial charge in [0.15, 0.2) is 0 Å². The normalized spacial score (nSPS) is 10.2. The van der Waals surface area contributed by atoms with Crippen LogP contribution in [0.25, 0.3) is 0 Å². The van der Waals surface area contributed by atoms with E-state index in [4.69, 9.17) is 29.3 Å². The Morgan fingerprint density at radius 3 is 2.44 bits per heavy atom. The number of hydrogen-bond acceptors (Lipinski definition) is 4. The van der Waals surface area contributed by atoms with Crippen LogP contribution in [-0.2, 0) is 14.1 Å². The molecule has 1 rings (SSSR count). The Labute approximate surface area is 115 Å². The molecule has 0 aliphatic carbocycles. The predicted octanol–water partition coefficient (Wildman–Crippen LogP) is 2.93. The Bertz CT molecular complexity index is 479. The maximum Gasteiger partial charge on any atom is 0.353 e. The Balaban J connectivity index is 0.000000494. The van der Waals surface area contributed by atoms with Gasteiger partial charge >= 0.3 is 15.3 Å². The topological polar surface area (TPSA) is 80.7 Å². The van der Waals surface area contributed by atoms with Gasteiger partial charge < -0.3 is 4.74 Å². The molecule has 0 aliphatic rings. The third-order valence-electron chi connectivity index (χ3n) is 1.50. The number of esters is 1. The second-order valence-corrected chi connectivity index (χ2v) is 5.49. The number of ether oxygens (including phenoxy) is 1. The van der Waals surface area contributed by atoms with Crippen LogP contribution in [0.1, 0.15) is 23.7 Å². The average Bonchev–Trinajstić information content (AvgIpc) is 2.23. The summed E-state index contributed by atoms with van der Waals surface area (Å²) >= 11 is 5.72. The average molecular weight is 315 g/mol. The zero-order valence-electron chi connectivity index (χ0n) is 9.47. The monoisotopic (exact) mass is 314 g/mol. The molecule has 0 atom stereocenters. The summed E-state index contributed by atoms with van der Waals surface area (Å²) < 4.78 is 30.1. The highest BCUT2D eigenvalue weighted by Gasteiger charge is 2.05. The summed E-state index contributed by atoms with van der Waals surface area (Å²) in [5.74, 6) is -0.315. The molecule has 0 saturated carbocycles. The molecule has 0 spiro atoms. The van der Waals surface area contributed by atoms with Crippen LogP contribution in [0, 0.1) is 0 Å². The van der Waals surface area contributed by atoms with Crippen molar-refractivity contribution in [2.24, 2.45) is 0 Å². The molecule has 0 unspecified atom stereocenters.